The predicted octanol–water partition coefficient (Wildman–Crippen LogP) is 12.3. The van der Waals surface area contributed by atoms with Gasteiger partial charge in [-0.1, -0.05) is 98.9 Å². The van der Waals surface area contributed by atoms with Gasteiger partial charge in [-0.3, -0.25) is 0 Å². The molecule has 4 aromatic carbocycles. The average Bonchev–Trinajstić information content (AvgIpc) is 3.19. The highest BCUT2D eigenvalue weighted by Crippen LogP contribution is 2.37. The van der Waals surface area contributed by atoms with Gasteiger partial charge in [-0.25, -0.2) is 0 Å². The molecule has 0 atom stereocenters. The van der Waals surface area contributed by atoms with Crippen molar-refractivity contribution >= 4 is 0 Å². The van der Waals surface area contributed by atoms with Crippen molar-refractivity contribution in [3.05, 3.63) is 130 Å². The van der Waals surface area contributed by atoms with Crippen molar-refractivity contribution in [2.45, 2.75) is 110 Å². The second-order valence-corrected chi connectivity index (χ2v) is 14.3. The summed E-state index contributed by atoms with van der Waals surface area (Å²) in [6.07, 6.45) is 14.5. The Kier molecular flexibility index (Phi) is 15.2. The molecule has 0 spiro atoms. The first-order valence-corrected chi connectivity index (χ1v) is 19.6. The third kappa shape index (κ3) is 12.1. The fourth-order valence-corrected chi connectivity index (χ4v) is 7.48. The van der Waals surface area contributed by atoms with E-state index in [1.54, 1.807) is 7.11 Å². The molecule has 0 aliphatic heterocycles. The molecular formula is C49H58O2. The van der Waals surface area contributed by atoms with Gasteiger partial charge in [-0.15, -0.1) is 0 Å². The standard InChI is InChI=1S/C25H30O.C24H28O/c1-3-5-20-6-8-21(9-7-20)10-11-22-12-14-23(15-13-22)24-16-18-25(19-17-24)26-4-2;1-3-4-19-5-7-20(8-6-19)9-10-21-11-13-22(14-12-21)23-15-17-24(25-2)18-16-23/h6-9,16-19,22-23H,3-5,12-15H2,1-2H3;5-8,15-18,21-22H,3-4,11-14H2,1-2H3. The number of hydrogen-bond donors (Lipinski definition) is 0. The van der Waals surface area contributed by atoms with Crippen LogP contribution in [-0.2, 0) is 12.8 Å². The highest BCUT2D eigenvalue weighted by Gasteiger charge is 2.22. The lowest BCUT2D eigenvalue weighted by Crippen LogP contribution is -2.12. The number of benzene rings is 4. The molecule has 0 aromatic heterocycles. The molecule has 2 aliphatic carbocycles. The highest BCUT2D eigenvalue weighted by atomic mass is 16.5. The van der Waals surface area contributed by atoms with Gasteiger partial charge in [0.25, 0.3) is 0 Å². The van der Waals surface area contributed by atoms with Gasteiger partial charge in [0.15, 0.2) is 0 Å². The van der Waals surface area contributed by atoms with Gasteiger partial charge in [0.05, 0.1) is 13.7 Å². The maximum Gasteiger partial charge on any atom is 0.119 e. The number of hydrogen-bond acceptors (Lipinski definition) is 2. The normalized spacial score (nSPS) is 19.6. The van der Waals surface area contributed by atoms with Crippen molar-refractivity contribution in [1.29, 1.82) is 0 Å². The van der Waals surface area contributed by atoms with E-state index in [0.29, 0.717) is 23.7 Å². The van der Waals surface area contributed by atoms with Crippen LogP contribution in [0.15, 0.2) is 97.1 Å². The lowest BCUT2D eigenvalue weighted by molar-refractivity contribution is 0.339. The molecule has 0 unspecified atom stereocenters. The Labute approximate surface area is 309 Å². The van der Waals surface area contributed by atoms with E-state index in [1.807, 2.05) is 6.92 Å². The molecule has 2 heteroatoms. The van der Waals surface area contributed by atoms with Gasteiger partial charge < -0.3 is 9.47 Å². The summed E-state index contributed by atoms with van der Waals surface area (Å²) in [6.45, 7) is 7.19. The van der Waals surface area contributed by atoms with Gasteiger partial charge in [0.1, 0.15) is 11.5 Å². The first-order valence-electron chi connectivity index (χ1n) is 19.6. The minimum atomic E-state index is 0.546. The van der Waals surface area contributed by atoms with E-state index in [9.17, 15) is 0 Å². The quantitative estimate of drug-likeness (QED) is 0.164. The molecule has 4 aromatic rings. The van der Waals surface area contributed by atoms with Gasteiger partial charge in [-0.05, 0) is 154 Å². The van der Waals surface area contributed by atoms with E-state index in [4.69, 9.17) is 9.47 Å². The van der Waals surface area contributed by atoms with Crippen molar-refractivity contribution in [3.8, 4) is 35.2 Å². The molecule has 0 radical (unpaired) electrons. The summed E-state index contributed by atoms with van der Waals surface area (Å²) >= 11 is 0. The van der Waals surface area contributed by atoms with E-state index < -0.39 is 0 Å². The number of methoxy groups -OCH3 is 1. The summed E-state index contributed by atoms with van der Waals surface area (Å²) in [4.78, 5) is 0. The maximum absolute atomic E-state index is 5.54. The summed E-state index contributed by atoms with van der Waals surface area (Å²) in [6, 6.07) is 34.8. The number of ether oxygens (including phenoxy) is 2. The number of rotatable bonds is 9. The smallest absolute Gasteiger partial charge is 0.119 e. The van der Waals surface area contributed by atoms with Crippen LogP contribution in [0.2, 0.25) is 0 Å². The van der Waals surface area contributed by atoms with Crippen molar-refractivity contribution in [1.82, 2.24) is 0 Å². The molecule has 0 bridgehead atoms. The third-order valence-electron chi connectivity index (χ3n) is 10.5. The lowest BCUT2D eigenvalue weighted by Gasteiger charge is -2.26. The van der Waals surface area contributed by atoms with Crippen molar-refractivity contribution in [2.75, 3.05) is 13.7 Å². The van der Waals surface area contributed by atoms with E-state index >= 15 is 0 Å². The Balaban J connectivity index is 0.000000198. The first kappa shape index (κ1) is 37.8. The third-order valence-corrected chi connectivity index (χ3v) is 10.5. The zero-order valence-electron chi connectivity index (χ0n) is 31.6. The van der Waals surface area contributed by atoms with Crippen LogP contribution in [0.1, 0.15) is 130 Å². The van der Waals surface area contributed by atoms with Crippen LogP contribution < -0.4 is 9.47 Å². The Hall–Kier alpha value is -4.40. The molecule has 6 rings (SSSR count). The van der Waals surface area contributed by atoms with E-state index in [0.717, 1.165) is 42.1 Å². The highest BCUT2D eigenvalue weighted by molar-refractivity contribution is 5.38. The molecule has 0 saturated heterocycles. The molecular weight excluding hydrogens is 621 g/mol. The van der Waals surface area contributed by atoms with E-state index in [-0.39, 0.29) is 0 Å². The molecule has 266 valence electrons. The molecule has 0 N–H and O–H groups in total. The van der Waals surface area contributed by atoms with Crippen LogP contribution >= 0.6 is 0 Å². The summed E-state index contributed by atoms with van der Waals surface area (Å²) in [5.74, 6) is 18.2. The SMILES string of the molecule is CCCc1ccc(C#CC2CCC(c3ccc(OC)cc3)CC2)cc1.CCCc1ccc(C#CC2CCC(c3ccc(OCC)cc3)CC2)cc1. The molecule has 2 saturated carbocycles. The van der Waals surface area contributed by atoms with E-state index in [2.05, 4.69) is 135 Å². The van der Waals surface area contributed by atoms with Crippen molar-refractivity contribution in [3.63, 3.8) is 0 Å². The van der Waals surface area contributed by atoms with Gasteiger partial charge in [0.2, 0.25) is 0 Å². The largest absolute Gasteiger partial charge is 0.497 e. The molecule has 2 aliphatic rings. The van der Waals surface area contributed by atoms with Crippen LogP contribution in [0.4, 0.5) is 0 Å². The minimum Gasteiger partial charge on any atom is -0.497 e. The average molecular weight is 679 g/mol. The van der Waals surface area contributed by atoms with Crippen LogP contribution in [0.5, 0.6) is 11.5 Å². The van der Waals surface area contributed by atoms with Gasteiger partial charge in [0, 0.05) is 23.0 Å². The van der Waals surface area contributed by atoms with Crippen molar-refractivity contribution < 1.29 is 9.47 Å². The fraction of sp³-hybridized carbons (Fsp3) is 0.429. The monoisotopic (exact) mass is 678 g/mol. The minimum absolute atomic E-state index is 0.546. The second kappa shape index (κ2) is 20.4. The van der Waals surface area contributed by atoms with Gasteiger partial charge >= 0.3 is 0 Å². The number of aryl methyl sites for hydroxylation is 2. The van der Waals surface area contributed by atoms with Crippen LogP contribution in [0.25, 0.3) is 0 Å². The zero-order chi connectivity index (χ0) is 35.7. The Morgan fingerprint density at radius 3 is 1.24 bits per heavy atom. The maximum atomic E-state index is 5.54. The fourth-order valence-electron chi connectivity index (χ4n) is 7.48. The molecule has 0 amide bonds. The van der Waals surface area contributed by atoms with Crippen molar-refractivity contribution in [2.24, 2.45) is 11.8 Å². The molecule has 51 heavy (non-hydrogen) atoms. The topological polar surface area (TPSA) is 18.5 Å². The van der Waals surface area contributed by atoms with Crippen LogP contribution in [0, 0.1) is 35.5 Å². The lowest BCUT2D eigenvalue weighted by atomic mass is 9.79. The summed E-state index contributed by atoms with van der Waals surface area (Å²) in [5, 5.41) is 0. The van der Waals surface area contributed by atoms with E-state index in [1.165, 1.54) is 86.5 Å². The first-order chi connectivity index (χ1) is 25.1. The van der Waals surface area contributed by atoms with Crippen LogP contribution in [-0.4, -0.2) is 13.7 Å². The Morgan fingerprint density at radius 1 is 0.490 bits per heavy atom. The zero-order valence-corrected chi connectivity index (χ0v) is 31.6. The Bertz CT molecular complexity index is 1690. The predicted molar refractivity (Wildman–Crippen MR) is 215 cm³/mol. The van der Waals surface area contributed by atoms with Gasteiger partial charge in [-0.2, -0.15) is 0 Å². The molecule has 2 fully saturated rings. The second-order valence-electron chi connectivity index (χ2n) is 14.3. The summed E-state index contributed by atoms with van der Waals surface area (Å²) in [7, 11) is 1.72. The van der Waals surface area contributed by atoms with Crippen LogP contribution in [0.3, 0.4) is 0 Å². The molecule has 0 heterocycles. The Morgan fingerprint density at radius 2 is 0.882 bits per heavy atom. The summed E-state index contributed by atoms with van der Waals surface area (Å²) in [5.41, 5.74) is 8.02. The summed E-state index contributed by atoms with van der Waals surface area (Å²) < 4.78 is 10.8. The molecule has 2 nitrogen and oxygen atoms in total.